The molecule has 0 saturated carbocycles. The van der Waals surface area contributed by atoms with Crippen LogP contribution in [0.1, 0.15) is 29.9 Å². The van der Waals surface area contributed by atoms with Crippen LogP contribution in [0.25, 0.3) is 0 Å². The zero-order valence-electron chi connectivity index (χ0n) is 13.2. The van der Waals surface area contributed by atoms with Gasteiger partial charge < -0.3 is 9.80 Å². The Labute approximate surface area is 137 Å². The molecular weight excluding hydrogens is 282 g/mol. The van der Waals surface area contributed by atoms with Gasteiger partial charge in [-0.1, -0.05) is 42.5 Å². The van der Waals surface area contributed by atoms with Gasteiger partial charge in [-0.2, -0.15) is 0 Å². The molecule has 2 atom stereocenters. The number of para-hydroxylation sites is 1. The van der Waals surface area contributed by atoms with Crippen molar-refractivity contribution in [3.63, 3.8) is 0 Å². The second kappa shape index (κ2) is 5.12. The number of benzene rings is 2. The average Bonchev–Trinajstić information content (AvgIpc) is 3.08. The third kappa shape index (κ3) is 1.92. The van der Waals surface area contributed by atoms with E-state index < -0.39 is 0 Å². The monoisotopic (exact) mass is 303 g/mol. The van der Waals surface area contributed by atoms with Crippen molar-refractivity contribution in [2.45, 2.75) is 24.9 Å². The first-order chi connectivity index (χ1) is 11.4. The lowest BCUT2D eigenvalue weighted by atomic mass is 9.92. The third-order valence-electron chi connectivity index (χ3n) is 5.45. The predicted octanol–water partition coefficient (Wildman–Crippen LogP) is 3.47. The molecule has 3 aliphatic heterocycles. The molecule has 3 aliphatic rings. The van der Waals surface area contributed by atoms with Crippen LogP contribution < -0.4 is 4.90 Å². The lowest BCUT2D eigenvalue weighted by Gasteiger charge is -2.47. The summed E-state index contributed by atoms with van der Waals surface area (Å²) in [4.78, 5) is 10.1. The van der Waals surface area contributed by atoms with Crippen LogP contribution in [0.4, 0.5) is 5.69 Å². The Kier molecular flexibility index (Phi) is 2.93. The molecule has 0 spiro atoms. The van der Waals surface area contributed by atoms with Crippen molar-refractivity contribution in [2.24, 2.45) is 4.99 Å². The number of rotatable bonds is 1. The minimum atomic E-state index is 0.423. The summed E-state index contributed by atoms with van der Waals surface area (Å²) in [6.07, 6.45) is 2.80. The van der Waals surface area contributed by atoms with Crippen molar-refractivity contribution in [2.75, 3.05) is 24.5 Å². The molecule has 2 unspecified atom stereocenters. The summed E-state index contributed by atoms with van der Waals surface area (Å²) in [5.74, 6) is 1.78. The highest BCUT2D eigenvalue weighted by atomic mass is 15.4. The van der Waals surface area contributed by atoms with E-state index in [1.165, 1.54) is 29.1 Å². The molecule has 2 aromatic carbocycles. The maximum atomic E-state index is 4.90. The third-order valence-corrected chi connectivity index (χ3v) is 5.45. The van der Waals surface area contributed by atoms with Gasteiger partial charge in [0.1, 0.15) is 12.0 Å². The summed E-state index contributed by atoms with van der Waals surface area (Å²) in [7, 11) is 0. The summed E-state index contributed by atoms with van der Waals surface area (Å²) in [6, 6.07) is 19.8. The van der Waals surface area contributed by atoms with Crippen LogP contribution in [-0.2, 0) is 0 Å². The molecule has 0 aromatic heterocycles. The van der Waals surface area contributed by atoms with Crippen LogP contribution in [0.15, 0.2) is 59.6 Å². The summed E-state index contributed by atoms with van der Waals surface area (Å²) in [6.45, 7) is 3.21. The normalized spacial score (nSPS) is 25.5. The maximum absolute atomic E-state index is 4.90. The van der Waals surface area contributed by atoms with Crippen LogP contribution in [0, 0.1) is 0 Å². The highest BCUT2D eigenvalue weighted by molar-refractivity contribution is 6.06. The molecule has 2 aromatic rings. The van der Waals surface area contributed by atoms with E-state index >= 15 is 0 Å². The Morgan fingerprint density at radius 3 is 2.61 bits per heavy atom. The molecule has 3 heteroatoms. The Morgan fingerprint density at radius 1 is 0.870 bits per heavy atom. The standard InChI is InChI=1S/C20H21N3/c1-2-7-15(8-3-1)16-11-14-22-18-10-5-4-9-17(18)19-21-12-6-13-23(19)20(16)22/h1-5,7-10,16,20H,6,11-14H2. The Balaban J connectivity index is 1.65. The van der Waals surface area contributed by atoms with Crippen molar-refractivity contribution in [1.82, 2.24) is 4.90 Å². The number of hydrogen-bond acceptors (Lipinski definition) is 3. The molecule has 116 valence electrons. The van der Waals surface area contributed by atoms with Gasteiger partial charge in [-0.15, -0.1) is 0 Å². The van der Waals surface area contributed by atoms with E-state index in [0.29, 0.717) is 12.1 Å². The van der Waals surface area contributed by atoms with Gasteiger partial charge >= 0.3 is 0 Å². The molecular formula is C20H21N3. The maximum Gasteiger partial charge on any atom is 0.134 e. The second-order valence-corrected chi connectivity index (χ2v) is 6.68. The van der Waals surface area contributed by atoms with Crippen LogP contribution >= 0.6 is 0 Å². The summed E-state index contributed by atoms with van der Waals surface area (Å²) >= 11 is 0. The fraction of sp³-hybridized carbons (Fsp3) is 0.350. The van der Waals surface area contributed by atoms with E-state index in [2.05, 4.69) is 64.4 Å². The minimum Gasteiger partial charge on any atom is -0.350 e. The second-order valence-electron chi connectivity index (χ2n) is 6.68. The van der Waals surface area contributed by atoms with E-state index in [0.717, 1.165) is 26.1 Å². The first-order valence-corrected chi connectivity index (χ1v) is 8.65. The molecule has 0 radical (unpaired) electrons. The number of anilines is 1. The van der Waals surface area contributed by atoms with Crippen molar-refractivity contribution in [3.8, 4) is 0 Å². The van der Waals surface area contributed by atoms with Gasteiger partial charge in [0, 0.05) is 36.8 Å². The van der Waals surface area contributed by atoms with Crippen molar-refractivity contribution < 1.29 is 0 Å². The van der Waals surface area contributed by atoms with E-state index in [-0.39, 0.29) is 0 Å². The van der Waals surface area contributed by atoms with Gasteiger partial charge in [-0.3, -0.25) is 4.99 Å². The predicted molar refractivity (Wildman–Crippen MR) is 94.1 cm³/mol. The van der Waals surface area contributed by atoms with Gasteiger partial charge in [0.2, 0.25) is 0 Å². The summed E-state index contributed by atoms with van der Waals surface area (Å²) in [5, 5.41) is 0. The minimum absolute atomic E-state index is 0.423. The lowest BCUT2D eigenvalue weighted by molar-refractivity contribution is 0.275. The number of amidine groups is 1. The van der Waals surface area contributed by atoms with Gasteiger partial charge in [-0.05, 0) is 30.5 Å². The molecule has 3 nitrogen and oxygen atoms in total. The smallest absolute Gasteiger partial charge is 0.134 e. The zero-order valence-corrected chi connectivity index (χ0v) is 13.2. The van der Waals surface area contributed by atoms with Crippen LogP contribution in [0.3, 0.4) is 0 Å². The first-order valence-electron chi connectivity index (χ1n) is 8.65. The van der Waals surface area contributed by atoms with Crippen molar-refractivity contribution in [3.05, 3.63) is 65.7 Å². The van der Waals surface area contributed by atoms with E-state index in [9.17, 15) is 0 Å². The van der Waals surface area contributed by atoms with E-state index in [1.54, 1.807) is 0 Å². The van der Waals surface area contributed by atoms with Gasteiger partial charge in [0.15, 0.2) is 0 Å². The van der Waals surface area contributed by atoms with Gasteiger partial charge in [0.25, 0.3) is 0 Å². The van der Waals surface area contributed by atoms with Gasteiger partial charge in [0.05, 0.1) is 0 Å². The van der Waals surface area contributed by atoms with E-state index in [4.69, 9.17) is 4.99 Å². The largest absolute Gasteiger partial charge is 0.350 e. The van der Waals surface area contributed by atoms with Crippen molar-refractivity contribution in [1.29, 1.82) is 0 Å². The molecule has 0 N–H and O–H groups in total. The van der Waals surface area contributed by atoms with Crippen LogP contribution in [0.2, 0.25) is 0 Å². The first kappa shape index (κ1) is 13.2. The Hall–Kier alpha value is -2.29. The molecule has 23 heavy (non-hydrogen) atoms. The Bertz CT molecular complexity index is 752. The number of fused-ring (bicyclic) bond motifs is 6. The SMILES string of the molecule is c1ccc(C2CCN3c4ccccc4C4=NCCCN4C23)cc1. The van der Waals surface area contributed by atoms with Crippen LogP contribution in [0.5, 0.6) is 0 Å². The zero-order chi connectivity index (χ0) is 15.2. The topological polar surface area (TPSA) is 18.8 Å². The molecule has 0 aliphatic carbocycles. The summed E-state index contributed by atoms with van der Waals surface area (Å²) in [5.41, 5.74) is 4.15. The quantitative estimate of drug-likeness (QED) is 0.803. The Morgan fingerprint density at radius 2 is 1.70 bits per heavy atom. The van der Waals surface area contributed by atoms with Crippen molar-refractivity contribution >= 4 is 11.5 Å². The number of hydrogen-bond donors (Lipinski definition) is 0. The molecule has 5 rings (SSSR count). The average molecular weight is 303 g/mol. The highest BCUT2D eigenvalue weighted by Gasteiger charge is 2.45. The lowest BCUT2D eigenvalue weighted by Crippen LogP contribution is -2.56. The molecule has 1 fully saturated rings. The number of nitrogens with zero attached hydrogens (tertiary/aromatic N) is 3. The molecule has 3 heterocycles. The molecule has 0 amide bonds. The summed E-state index contributed by atoms with van der Waals surface area (Å²) < 4.78 is 0. The van der Waals surface area contributed by atoms with E-state index in [1.807, 2.05) is 0 Å². The highest BCUT2D eigenvalue weighted by Crippen LogP contribution is 2.44. The molecule has 0 bridgehead atoms. The number of aliphatic imine (C=N–C) groups is 1. The molecule has 1 saturated heterocycles. The fourth-order valence-electron chi connectivity index (χ4n) is 4.50. The fourth-order valence-corrected chi connectivity index (χ4v) is 4.50. The van der Waals surface area contributed by atoms with Crippen LogP contribution in [-0.4, -0.2) is 36.5 Å². The van der Waals surface area contributed by atoms with Gasteiger partial charge in [-0.25, -0.2) is 0 Å².